The third kappa shape index (κ3) is 10.3. The molecule has 1 aromatic carbocycles. The highest BCUT2D eigenvalue weighted by atomic mass is 79.9. The van der Waals surface area contributed by atoms with Crippen molar-refractivity contribution in [3.8, 4) is 11.5 Å². The minimum absolute atomic E-state index is 0.276. The molecule has 170 valence electrons. The monoisotopic (exact) mass is 549 g/mol. The number of ether oxygens (including phenoxy) is 2. The quantitative estimate of drug-likeness (QED) is 0.127. The number of aryl methyl sites for hydroxylation is 1. The van der Waals surface area contributed by atoms with Crippen molar-refractivity contribution in [1.82, 2.24) is 0 Å². The lowest BCUT2D eigenvalue weighted by Crippen LogP contribution is -2.07. The van der Waals surface area contributed by atoms with Crippen molar-refractivity contribution >= 4 is 37.6 Å². The Labute approximate surface area is 197 Å². The summed E-state index contributed by atoms with van der Waals surface area (Å²) < 4.78 is 27.4. The van der Waals surface area contributed by atoms with E-state index in [1.807, 2.05) is 27.7 Å². The van der Waals surface area contributed by atoms with Crippen molar-refractivity contribution in [2.45, 2.75) is 72.6 Å². The first-order valence-electron chi connectivity index (χ1n) is 10.6. The van der Waals surface area contributed by atoms with Crippen LogP contribution in [-0.2, 0) is 17.7 Å². The predicted molar refractivity (Wildman–Crippen MR) is 130 cm³/mol. The van der Waals surface area contributed by atoms with Crippen molar-refractivity contribution in [2.24, 2.45) is 5.16 Å². The fraction of sp³-hybridized carbons (Fsp3) is 0.609. The van der Waals surface area contributed by atoms with Crippen LogP contribution in [0.25, 0.3) is 0 Å². The zero-order chi connectivity index (χ0) is 22.4. The number of nitrogens with zero attached hydrogens (tertiary/aromatic N) is 1. The summed E-state index contributed by atoms with van der Waals surface area (Å²) in [5.41, 5.74) is 2.51. The van der Waals surface area contributed by atoms with E-state index in [-0.39, 0.29) is 18.2 Å². The molecule has 0 aliphatic heterocycles. The van der Waals surface area contributed by atoms with Crippen LogP contribution in [0.5, 0.6) is 11.5 Å². The normalized spacial score (nSPS) is 10.5. The van der Waals surface area contributed by atoms with Crippen molar-refractivity contribution in [2.75, 3.05) is 19.8 Å². The summed E-state index contributed by atoms with van der Waals surface area (Å²) in [4.78, 5) is 5.20. The van der Waals surface area contributed by atoms with Gasteiger partial charge in [-0.1, -0.05) is 31.8 Å². The highest BCUT2D eigenvalue weighted by molar-refractivity contribution is 9.28. The molecule has 1 rings (SSSR count). The van der Waals surface area contributed by atoms with Gasteiger partial charge in [0.25, 0.3) is 0 Å². The molecule has 0 bridgehead atoms. The molecule has 0 spiro atoms. The van der Waals surface area contributed by atoms with E-state index in [0.29, 0.717) is 30.9 Å². The van der Waals surface area contributed by atoms with Crippen LogP contribution in [0.2, 0.25) is 0 Å². The Bertz CT molecular complexity index is 700. The van der Waals surface area contributed by atoms with Crippen molar-refractivity contribution in [3.05, 3.63) is 32.5 Å². The summed E-state index contributed by atoms with van der Waals surface area (Å²) >= 11 is 6.55. The van der Waals surface area contributed by atoms with Crippen LogP contribution < -0.4 is 9.47 Å². The smallest absolute Gasteiger partial charge is 0.171 e. The van der Waals surface area contributed by atoms with Crippen LogP contribution in [0, 0.1) is 5.82 Å². The third-order valence-corrected chi connectivity index (χ3v) is 5.08. The first-order valence-corrected chi connectivity index (χ1v) is 12.2. The summed E-state index contributed by atoms with van der Waals surface area (Å²) in [5.74, 6) is 0.635. The van der Waals surface area contributed by atoms with E-state index in [2.05, 4.69) is 37.0 Å². The van der Waals surface area contributed by atoms with Crippen molar-refractivity contribution < 1.29 is 18.7 Å². The lowest BCUT2D eigenvalue weighted by Gasteiger charge is -2.18. The van der Waals surface area contributed by atoms with Crippen molar-refractivity contribution in [3.63, 3.8) is 0 Å². The summed E-state index contributed by atoms with van der Waals surface area (Å²) in [5, 5.41) is 3.93. The van der Waals surface area contributed by atoms with Gasteiger partial charge in [0, 0.05) is 5.56 Å². The second-order valence-corrected chi connectivity index (χ2v) is 9.93. The number of halogens is 3. The Kier molecular flexibility index (Phi) is 14.1. The average Bonchev–Trinajstić information content (AvgIpc) is 2.70. The molecule has 0 amide bonds. The molecule has 0 heterocycles. The highest BCUT2D eigenvalue weighted by Crippen LogP contribution is 2.34. The highest BCUT2D eigenvalue weighted by Gasteiger charge is 2.18. The molecular weight excluding hydrogens is 517 g/mol. The van der Waals surface area contributed by atoms with E-state index < -0.39 is 0 Å². The van der Waals surface area contributed by atoms with Crippen LogP contribution in [-0.4, -0.2) is 25.5 Å². The fourth-order valence-electron chi connectivity index (χ4n) is 2.93. The van der Waals surface area contributed by atoms with E-state index in [9.17, 15) is 4.39 Å². The molecular formula is C23H34Br2FNO3. The maximum absolute atomic E-state index is 14.9. The number of oxime groups is 1. The summed E-state index contributed by atoms with van der Waals surface area (Å²) in [7, 11) is 0. The molecule has 0 aliphatic rings. The summed E-state index contributed by atoms with van der Waals surface area (Å²) in [6.45, 7) is 9.36. The van der Waals surface area contributed by atoms with Gasteiger partial charge in [-0.2, -0.15) is 0 Å². The first-order chi connectivity index (χ1) is 14.4. The number of unbranched alkanes of at least 4 members (excludes halogenated alkanes) is 4. The molecule has 0 saturated heterocycles. The number of rotatable bonds is 15. The van der Waals surface area contributed by atoms with Gasteiger partial charge >= 0.3 is 0 Å². The van der Waals surface area contributed by atoms with E-state index >= 15 is 0 Å². The molecule has 7 heteroatoms. The van der Waals surface area contributed by atoms with Gasteiger partial charge in [-0.15, -0.1) is 0 Å². The third-order valence-electron chi connectivity index (χ3n) is 4.44. The minimum Gasteiger partial charge on any atom is -0.493 e. The number of benzene rings is 1. The average molecular weight is 551 g/mol. The standard InChI is InChI=1S/C23H34Br2FNO3/c1-5-18-16-20(28-15-12-21(24)25)22(26)19(6-2)23(18)29-13-10-8-7-9-11-14-30-27-17(3)4/h12,16H,5-11,13-15H2,1-4H3. The van der Waals surface area contributed by atoms with Crippen LogP contribution in [0.15, 0.2) is 20.7 Å². The van der Waals surface area contributed by atoms with Gasteiger partial charge in [-0.05, 0) is 95.5 Å². The van der Waals surface area contributed by atoms with E-state index in [0.717, 1.165) is 53.2 Å². The molecule has 0 atom stereocenters. The van der Waals surface area contributed by atoms with Crippen LogP contribution >= 0.6 is 31.9 Å². The van der Waals surface area contributed by atoms with E-state index in [1.165, 1.54) is 0 Å². The van der Waals surface area contributed by atoms with Gasteiger partial charge < -0.3 is 14.3 Å². The topological polar surface area (TPSA) is 40.0 Å². The summed E-state index contributed by atoms with van der Waals surface area (Å²) in [6, 6.07) is 1.76. The largest absolute Gasteiger partial charge is 0.493 e. The Hall–Kier alpha value is -1.08. The van der Waals surface area contributed by atoms with Gasteiger partial charge in [0.1, 0.15) is 19.0 Å². The first kappa shape index (κ1) is 27.0. The van der Waals surface area contributed by atoms with Gasteiger partial charge in [-0.25, -0.2) is 4.39 Å². The lowest BCUT2D eigenvalue weighted by molar-refractivity contribution is 0.139. The molecule has 0 N–H and O–H groups in total. The van der Waals surface area contributed by atoms with Crippen LogP contribution in [0.3, 0.4) is 0 Å². The minimum atomic E-state index is -0.325. The van der Waals surface area contributed by atoms with Crippen LogP contribution in [0.1, 0.15) is 70.9 Å². The van der Waals surface area contributed by atoms with Gasteiger partial charge in [0.2, 0.25) is 0 Å². The van der Waals surface area contributed by atoms with E-state index in [4.69, 9.17) is 14.3 Å². The molecule has 0 fully saturated rings. The number of hydrogen-bond donors (Lipinski definition) is 0. The Morgan fingerprint density at radius 1 is 1.00 bits per heavy atom. The van der Waals surface area contributed by atoms with Gasteiger partial charge in [0.15, 0.2) is 11.6 Å². The molecule has 0 aliphatic carbocycles. The van der Waals surface area contributed by atoms with E-state index in [1.54, 1.807) is 12.1 Å². The predicted octanol–water partition coefficient (Wildman–Crippen LogP) is 7.70. The molecule has 0 radical (unpaired) electrons. The molecule has 1 aromatic rings. The van der Waals surface area contributed by atoms with Crippen molar-refractivity contribution in [1.29, 1.82) is 0 Å². The molecule has 4 nitrogen and oxygen atoms in total. The Morgan fingerprint density at radius 3 is 2.27 bits per heavy atom. The zero-order valence-corrected chi connectivity index (χ0v) is 21.7. The second kappa shape index (κ2) is 15.7. The Morgan fingerprint density at radius 2 is 1.67 bits per heavy atom. The summed E-state index contributed by atoms with van der Waals surface area (Å²) in [6.07, 6.45) is 8.37. The SMILES string of the molecule is CCc1cc(OCC=C(Br)Br)c(F)c(CC)c1OCCCCCCCON=C(C)C. The maximum atomic E-state index is 14.9. The van der Waals surface area contributed by atoms with Gasteiger partial charge in [-0.3, -0.25) is 0 Å². The fourth-order valence-corrected chi connectivity index (χ4v) is 3.20. The zero-order valence-electron chi connectivity index (χ0n) is 18.5. The second-order valence-electron chi connectivity index (χ2n) is 7.16. The van der Waals surface area contributed by atoms with Gasteiger partial charge in [0.05, 0.1) is 15.7 Å². The molecule has 0 unspecified atom stereocenters. The maximum Gasteiger partial charge on any atom is 0.171 e. The number of hydrogen-bond acceptors (Lipinski definition) is 4. The molecule has 0 aromatic heterocycles. The van der Waals surface area contributed by atoms with Crippen LogP contribution in [0.4, 0.5) is 4.39 Å². The molecule has 30 heavy (non-hydrogen) atoms. The lowest BCUT2D eigenvalue weighted by atomic mass is 10.0. The Balaban J connectivity index is 2.53. The molecule has 0 saturated carbocycles.